The first-order valence-electron chi connectivity index (χ1n) is 5.32. The number of aryl methyl sites for hydroxylation is 1. The van der Waals surface area contributed by atoms with Crippen molar-refractivity contribution in [2.75, 3.05) is 20.2 Å². The molecular formula is C9H19N5O. The highest BCUT2D eigenvalue weighted by molar-refractivity contribution is 4.80. The van der Waals surface area contributed by atoms with Crippen LogP contribution in [0.4, 0.5) is 0 Å². The topological polar surface area (TPSA) is 67.1 Å². The molecule has 0 aromatic carbocycles. The second-order valence-electron chi connectivity index (χ2n) is 3.63. The Morgan fingerprint density at radius 2 is 2.27 bits per heavy atom. The molecule has 86 valence electrons. The fourth-order valence-electron chi connectivity index (χ4n) is 1.31. The molecule has 0 atom stereocenters. The number of aliphatic hydroxyl groups is 1. The van der Waals surface area contributed by atoms with Crippen molar-refractivity contribution >= 4 is 0 Å². The van der Waals surface area contributed by atoms with E-state index in [9.17, 15) is 0 Å². The number of tetrazole rings is 1. The van der Waals surface area contributed by atoms with Crippen molar-refractivity contribution in [3.05, 3.63) is 5.82 Å². The smallest absolute Gasteiger partial charge is 0.165 e. The molecule has 1 aromatic rings. The second kappa shape index (κ2) is 6.47. The monoisotopic (exact) mass is 213 g/mol. The molecule has 0 aliphatic rings. The van der Waals surface area contributed by atoms with Gasteiger partial charge in [-0.3, -0.25) is 4.90 Å². The van der Waals surface area contributed by atoms with E-state index in [1.54, 1.807) is 0 Å². The summed E-state index contributed by atoms with van der Waals surface area (Å²) in [5, 5.41) is 20.3. The number of unbranched alkanes of at least 4 members (excludes halogenated alkanes) is 1. The summed E-state index contributed by atoms with van der Waals surface area (Å²) in [6.07, 6.45) is 2.22. The van der Waals surface area contributed by atoms with Gasteiger partial charge in [0.15, 0.2) is 5.82 Å². The van der Waals surface area contributed by atoms with Gasteiger partial charge in [0.25, 0.3) is 0 Å². The number of hydrogen-bond donors (Lipinski definition) is 1. The van der Waals surface area contributed by atoms with E-state index >= 15 is 0 Å². The van der Waals surface area contributed by atoms with Crippen molar-refractivity contribution in [1.29, 1.82) is 0 Å². The van der Waals surface area contributed by atoms with Crippen LogP contribution >= 0.6 is 0 Å². The average Bonchev–Trinajstić information content (AvgIpc) is 2.63. The lowest BCUT2D eigenvalue weighted by atomic mass is 10.3. The molecule has 15 heavy (non-hydrogen) atoms. The molecule has 0 bridgehead atoms. The van der Waals surface area contributed by atoms with Crippen molar-refractivity contribution in [1.82, 2.24) is 25.1 Å². The second-order valence-corrected chi connectivity index (χ2v) is 3.63. The van der Waals surface area contributed by atoms with Gasteiger partial charge < -0.3 is 5.11 Å². The SMILES string of the molecule is CCCCn1nnnc1CN(C)CCO. The average molecular weight is 213 g/mol. The van der Waals surface area contributed by atoms with E-state index in [0.717, 1.165) is 25.2 Å². The van der Waals surface area contributed by atoms with Crippen molar-refractivity contribution in [3.63, 3.8) is 0 Å². The summed E-state index contributed by atoms with van der Waals surface area (Å²) in [5.74, 6) is 0.861. The van der Waals surface area contributed by atoms with Crippen molar-refractivity contribution in [2.24, 2.45) is 0 Å². The molecule has 1 N–H and O–H groups in total. The molecule has 0 fully saturated rings. The highest BCUT2D eigenvalue weighted by Crippen LogP contribution is 2.00. The molecule has 0 amide bonds. The molecule has 0 unspecified atom stereocenters. The van der Waals surface area contributed by atoms with Crippen LogP contribution in [0.25, 0.3) is 0 Å². The minimum atomic E-state index is 0.160. The van der Waals surface area contributed by atoms with E-state index < -0.39 is 0 Å². The molecule has 0 spiro atoms. The number of hydrogen-bond acceptors (Lipinski definition) is 5. The van der Waals surface area contributed by atoms with E-state index in [0.29, 0.717) is 13.1 Å². The first kappa shape index (κ1) is 12.1. The van der Waals surface area contributed by atoms with Crippen LogP contribution < -0.4 is 0 Å². The first-order chi connectivity index (χ1) is 7.27. The van der Waals surface area contributed by atoms with Crippen LogP contribution in [0.15, 0.2) is 0 Å². The molecule has 1 heterocycles. The molecule has 0 radical (unpaired) electrons. The Hall–Kier alpha value is -1.01. The van der Waals surface area contributed by atoms with Crippen LogP contribution in [0.1, 0.15) is 25.6 Å². The molecule has 6 heteroatoms. The van der Waals surface area contributed by atoms with E-state index in [1.165, 1.54) is 0 Å². The summed E-state index contributed by atoms with van der Waals surface area (Å²) in [7, 11) is 1.94. The van der Waals surface area contributed by atoms with Crippen LogP contribution in [0.3, 0.4) is 0 Å². The van der Waals surface area contributed by atoms with Crippen LogP contribution in [-0.4, -0.2) is 50.4 Å². The van der Waals surface area contributed by atoms with Crippen LogP contribution in [0.5, 0.6) is 0 Å². The third-order valence-electron chi connectivity index (χ3n) is 2.22. The highest BCUT2D eigenvalue weighted by Gasteiger charge is 2.07. The van der Waals surface area contributed by atoms with Crippen molar-refractivity contribution < 1.29 is 5.11 Å². The van der Waals surface area contributed by atoms with E-state index in [2.05, 4.69) is 22.4 Å². The maximum absolute atomic E-state index is 8.78. The van der Waals surface area contributed by atoms with Gasteiger partial charge in [-0.25, -0.2) is 4.68 Å². The third-order valence-corrected chi connectivity index (χ3v) is 2.22. The predicted molar refractivity (Wildman–Crippen MR) is 56.1 cm³/mol. The Labute approximate surface area is 89.9 Å². The molecule has 6 nitrogen and oxygen atoms in total. The maximum atomic E-state index is 8.78. The zero-order valence-corrected chi connectivity index (χ0v) is 9.43. The molecular weight excluding hydrogens is 194 g/mol. The molecule has 1 rings (SSSR count). The van der Waals surface area contributed by atoms with E-state index in [-0.39, 0.29) is 6.61 Å². The molecule has 0 aliphatic carbocycles. The van der Waals surface area contributed by atoms with Gasteiger partial charge in [-0.05, 0) is 23.9 Å². The lowest BCUT2D eigenvalue weighted by Crippen LogP contribution is -2.24. The fraction of sp³-hybridized carbons (Fsp3) is 0.889. The van der Waals surface area contributed by atoms with Gasteiger partial charge in [0.1, 0.15) is 0 Å². The normalized spacial score (nSPS) is 11.2. The standard InChI is InChI=1S/C9H19N5O/c1-3-4-5-14-9(10-11-12-14)8-13(2)6-7-15/h15H,3-8H2,1-2H3. The molecule has 0 saturated heterocycles. The van der Waals surface area contributed by atoms with Gasteiger partial charge >= 0.3 is 0 Å². The quantitative estimate of drug-likeness (QED) is 0.685. The van der Waals surface area contributed by atoms with Crippen LogP contribution in [0.2, 0.25) is 0 Å². The van der Waals surface area contributed by atoms with Crippen molar-refractivity contribution in [3.8, 4) is 0 Å². The first-order valence-corrected chi connectivity index (χ1v) is 5.32. The summed E-state index contributed by atoms with van der Waals surface area (Å²) in [6.45, 7) is 4.48. The molecule has 1 aromatic heterocycles. The molecule has 0 aliphatic heterocycles. The van der Waals surface area contributed by atoms with Gasteiger partial charge in [-0.2, -0.15) is 0 Å². The predicted octanol–water partition coefficient (Wildman–Crippen LogP) is -0.103. The van der Waals surface area contributed by atoms with Gasteiger partial charge in [-0.15, -0.1) is 5.10 Å². The van der Waals surface area contributed by atoms with Crippen LogP contribution in [0, 0.1) is 0 Å². The number of aromatic nitrogens is 4. The summed E-state index contributed by atoms with van der Waals surface area (Å²) in [4.78, 5) is 1.99. The number of aliphatic hydroxyl groups excluding tert-OH is 1. The highest BCUT2D eigenvalue weighted by atomic mass is 16.3. The Bertz CT molecular complexity index is 275. The van der Waals surface area contributed by atoms with Crippen LogP contribution in [-0.2, 0) is 13.1 Å². The van der Waals surface area contributed by atoms with Gasteiger partial charge in [0.05, 0.1) is 13.2 Å². The van der Waals surface area contributed by atoms with Gasteiger partial charge in [0, 0.05) is 13.1 Å². The van der Waals surface area contributed by atoms with E-state index in [1.807, 2.05) is 16.6 Å². The molecule has 0 saturated carbocycles. The zero-order chi connectivity index (χ0) is 11.1. The van der Waals surface area contributed by atoms with Gasteiger partial charge in [0.2, 0.25) is 0 Å². The number of rotatable bonds is 7. The van der Waals surface area contributed by atoms with Crippen molar-refractivity contribution in [2.45, 2.75) is 32.9 Å². The van der Waals surface area contributed by atoms with Gasteiger partial charge in [-0.1, -0.05) is 13.3 Å². The third kappa shape index (κ3) is 3.93. The minimum absolute atomic E-state index is 0.160. The lowest BCUT2D eigenvalue weighted by molar-refractivity contribution is 0.212. The Kier molecular flexibility index (Phi) is 5.20. The largest absolute Gasteiger partial charge is 0.395 e. The summed E-state index contributed by atoms with van der Waals surface area (Å²) in [6, 6.07) is 0. The number of nitrogens with zero attached hydrogens (tertiary/aromatic N) is 5. The summed E-state index contributed by atoms with van der Waals surface area (Å²) < 4.78 is 1.83. The minimum Gasteiger partial charge on any atom is -0.395 e. The summed E-state index contributed by atoms with van der Waals surface area (Å²) >= 11 is 0. The number of likely N-dealkylation sites (N-methyl/N-ethyl adjacent to an activating group) is 1. The Balaban J connectivity index is 2.48. The fourth-order valence-corrected chi connectivity index (χ4v) is 1.31. The zero-order valence-electron chi connectivity index (χ0n) is 9.43. The maximum Gasteiger partial charge on any atom is 0.165 e. The summed E-state index contributed by atoms with van der Waals surface area (Å²) in [5.41, 5.74) is 0. The Morgan fingerprint density at radius 3 is 2.93 bits per heavy atom. The van der Waals surface area contributed by atoms with E-state index in [4.69, 9.17) is 5.11 Å². The Morgan fingerprint density at radius 1 is 1.47 bits per heavy atom. The lowest BCUT2D eigenvalue weighted by Gasteiger charge is -2.13.